The maximum absolute atomic E-state index is 11.9. The minimum atomic E-state index is -0.413. The molecule has 3 nitrogen and oxygen atoms in total. The Morgan fingerprint density at radius 3 is 3.07 bits per heavy atom. The van der Waals surface area contributed by atoms with Crippen LogP contribution in [0.15, 0.2) is 0 Å². The highest BCUT2D eigenvalue weighted by Crippen LogP contribution is 2.32. The number of nitrogens with zero attached hydrogens (tertiary/aromatic N) is 1. The standard InChI is InChI=1S/C11H18ClNO2/c1-8(12)11(14)13-5-6-15-7-9-3-2-4-10(9)13/h8-10H,2-7H2,1H3/t8-,9+,10+/m0/s1. The van der Waals surface area contributed by atoms with Crippen LogP contribution in [0.4, 0.5) is 0 Å². The molecule has 86 valence electrons. The van der Waals surface area contributed by atoms with Gasteiger partial charge >= 0.3 is 0 Å². The fraction of sp³-hybridized carbons (Fsp3) is 0.909. The zero-order valence-electron chi connectivity index (χ0n) is 9.12. The maximum Gasteiger partial charge on any atom is 0.240 e. The summed E-state index contributed by atoms with van der Waals surface area (Å²) >= 11 is 5.87. The predicted molar refractivity (Wildman–Crippen MR) is 59.0 cm³/mol. The molecule has 2 rings (SSSR count). The first-order chi connectivity index (χ1) is 7.20. The van der Waals surface area contributed by atoms with Crippen molar-refractivity contribution in [2.45, 2.75) is 37.6 Å². The highest BCUT2D eigenvalue weighted by molar-refractivity contribution is 6.30. The molecular weight excluding hydrogens is 214 g/mol. The van der Waals surface area contributed by atoms with E-state index < -0.39 is 5.38 Å². The number of hydrogen-bond donors (Lipinski definition) is 0. The van der Waals surface area contributed by atoms with Crippen LogP contribution in [-0.2, 0) is 9.53 Å². The number of carbonyl (C=O) groups is 1. The monoisotopic (exact) mass is 231 g/mol. The Balaban J connectivity index is 2.10. The van der Waals surface area contributed by atoms with Crippen molar-refractivity contribution in [3.8, 4) is 0 Å². The minimum absolute atomic E-state index is 0.0686. The Bertz CT molecular complexity index is 245. The molecule has 0 spiro atoms. The van der Waals surface area contributed by atoms with Gasteiger partial charge in [-0.3, -0.25) is 4.79 Å². The molecule has 1 saturated carbocycles. The smallest absolute Gasteiger partial charge is 0.240 e. The van der Waals surface area contributed by atoms with Crippen LogP contribution < -0.4 is 0 Å². The van der Waals surface area contributed by atoms with Crippen molar-refractivity contribution in [3.63, 3.8) is 0 Å². The molecule has 1 aliphatic heterocycles. The molecule has 4 heteroatoms. The zero-order chi connectivity index (χ0) is 10.8. The lowest BCUT2D eigenvalue weighted by Crippen LogP contribution is -2.45. The second-order valence-electron chi connectivity index (χ2n) is 4.48. The van der Waals surface area contributed by atoms with Crippen LogP contribution in [0.5, 0.6) is 0 Å². The Morgan fingerprint density at radius 1 is 1.53 bits per heavy atom. The summed E-state index contributed by atoms with van der Waals surface area (Å²) in [6.07, 6.45) is 3.51. The second kappa shape index (κ2) is 4.71. The lowest BCUT2D eigenvalue weighted by molar-refractivity contribution is -0.133. The van der Waals surface area contributed by atoms with E-state index in [0.717, 1.165) is 13.0 Å². The van der Waals surface area contributed by atoms with Crippen molar-refractivity contribution >= 4 is 17.5 Å². The van der Waals surface area contributed by atoms with E-state index in [1.54, 1.807) is 6.92 Å². The van der Waals surface area contributed by atoms with E-state index in [4.69, 9.17) is 16.3 Å². The third-order valence-electron chi connectivity index (χ3n) is 3.45. The molecule has 15 heavy (non-hydrogen) atoms. The highest BCUT2D eigenvalue weighted by atomic mass is 35.5. The van der Waals surface area contributed by atoms with Gasteiger partial charge in [-0.15, -0.1) is 11.6 Å². The van der Waals surface area contributed by atoms with Crippen LogP contribution in [-0.4, -0.2) is 42.0 Å². The normalized spacial score (nSPS) is 33.3. The van der Waals surface area contributed by atoms with Gasteiger partial charge in [-0.1, -0.05) is 6.42 Å². The number of halogens is 1. The Labute approximate surface area is 95.7 Å². The number of amides is 1. The van der Waals surface area contributed by atoms with E-state index >= 15 is 0 Å². The molecule has 2 aliphatic rings. The van der Waals surface area contributed by atoms with Gasteiger partial charge < -0.3 is 9.64 Å². The van der Waals surface area contributed by atoms with Gasteiger partial charge in [0, 0.05) is 18.5 Å². The Hall–Kier alpha value is -0.280. The molecule has 2 fully saturated rings. The first-order valence-electron chi connectivity index (χ1n) is 5.72. The van der Waals surface area contributed by atoms with Crippen LogP contribution in [0.25, 0.3) is 0 Å². The van der Waals surface area contributed by atoms with E-state index in [1.165, 1.54) is 12.8 Å². The largest absolute Gasteiger partial charge is 0.379 e. The van der Waals surface area contributed by atoms with Gasteiger partial charge in [0.25, 0.3) is 0 Å². The van der Waals surface area contributed by atoms with Crippen LogP contribution in [0, 0.1) is 5.92 Å². The zero-order valence-corrected chi connectivity index (χ0v) is 9.87. The number of ether oxygens (including phenoxy) is 1. The van der Waals surface area contributed by atoms with E-state index in [-0.39, 0.29) is 5.91 Å². The summed E-state index contributed by atoms with van der Waals surface area (Å²) in [4.78, 5) is 13.9. The highest BCUT2D eigenvalue weighted by Gasteiger charge is 2.37. The Morgan fingerprint density at radius 2 is 2.33 bits per heavy atom. The van der Waals surface area contributed by atoms with Crippen molar-refractivity contribution in [3.05, 3.63) is 0 Å². The van der Waals surface area contributed by atoms with Crippen molar-refractivity contribution in [1.82, 2.24) is 4.90 Å². The lowest BCUT2D eigenvalue weighted by Gasteiger charge is -2.30. The topological polar surface area (TPSA) is 29.5 Å². The summed E-state index contributed by atoms with van der Waals surface area (Å²) in [7, 11) is 0. The van der Waals surface area contributed by atoms with Gasteiger partial charge in [-0.25, -0.2) is 0 Å². The molecule has 0 unspecified atom stereocenters. The van der Waals surface area contributed by atoms with E-state index in [2.05, 4.69) is 0 Å². The van der Waals surface area contributed by atoms with Gasteiger partial charge in [0.1, 0.15) is 5.38 Å². The van der Waals surface area contributed by atoms with Crippen LogP contribution in [0.3, 0.4) is 0 Å². The average molecular weight is 232 g/mol. The van der Waals surface area contributed by atoms with Crippen LogP contribution in [0.2, 0.25) is 0 Å². The lowest BCUT2D eigenvalue weighted by atomic mass is 10.0. The summed E-state index contributed by atoms with van der Waals surface area (Å²) in [6.45, 7) is 3.92. The third kappa shape index (κ3) is 2.28. The van der Waals surface area contributed by atoms with Crippen molar-refractivity contribution < 1.29 is 9.53 Å². The maximum atomic E-state index is 11.9. The van der Waals surface area contributed by atoms with Gasteiger partial charge in [0.05, 0.1) is 13.2 Å². The van der Waals surface area contributed by atoms with Gasteiger partial charge in [-0.2, -0.15) is 0 Å². The predicted octanol–water partition coefficient (Wildman–Crippen LogP) is 1.64. The summed E-state index contributed by atoms with van der Waals surface area (Å²) in [6, 6.07) is 0.376. The van der Waals surface area contributed by atoms with E-state index in [0.29, 0.717) is 25.1 Å². The molecule has 0 radical (unpaired) electrons. The summed E-state index contributed by atoms with van der Waals surface area (Å²) in [5, 5.41) is -0.413. The van der Waals surface area contributed by atoms with Crippen molar-refractivity contribution in [1.29, 1.82) is 0 Å². The Kier molecular flexibility index (Phi) is 3.52. The second-order valence-corrected chi connectivity index (χ2v) is 5.14. The number of hydrogen-bond acceptors (Lipinski definition) is 2. The number of fused-ring (bicyclic) bond motifs is 1. The molecule has 0 aromatic rings. The van der Waals surface area contributed by atoms with Crippen molar-refractivity contribution in [2.24, 2.45) is 5.92 Å². The van der Waals surface area contributed by atoms with E-state index in [9.17, 15) is 4.79 Å². The van der Waals surface area contributed by atoms with Gasteiger partial charge in [-0.05, 0) is 19.8 Å². The molecule has 0 N–H and O–H groups in total. The summed E-state index contributed by atoms with van der Waals surface area (Å²) in [5.74, 6) is 0.603. The molecule has 0 aromatic heterocycles. The SMILES string of the molecule is C[C@H](Cl)C(=O)N1CCOC[C@H]2CCC[C@H]21. The van der Waals surface area contributed by atoms with Crippen LogP contribution in [0.1, 0.15) is 26.2 Å². The molecule has 0 bridgehead atoms. The number of alkyl halides is 1. The molecule has 3 atom stereocenters. The summed E-state index contributed by atoms with van der Waals surface area (Å²) in [5.41, 5.74) is 0. The number of rotatable bonds is 1. The average Bonchev–Trinajstić information content (AvgIpc) is 2.57. The molecule has 0 aromatic carbocycles. The molecule has 1 amide bonds. The fourth-order valence-electron chi connectivity index (χ4n) is 2.69. The van der Waals surface area contributed by atoms with Crippen molar-refractivity contribution in [2.75, 3.05) is 19.8 Å². The van der Waals surface area contributed by atoms with E-state index in [1.807, 2.05) is 4.90 Å². The summed E-state index contributed by atoms with van der Waals surface area (Å²) < 4.78 is 5.53. The molecule has 1 aliphatic carbocycles. The van der Waals surface area contributed by atoms with Gasteiger partial charge in [0.2, 0.25) is 5.91 Å². The molecular formula is C11H18ClNO2. The van der Waals surface area contributed by atoms with Gasteiger partial charge in [0.15, 0.2) is 0 Å². The minimum Gasteiger partial charge on any atom is -0.379 e. The van der Waals surface area contributed by atoms with Crippen LogP contribution >= 0.6 is 11.6 Å². The fourth-order valence-corrected chi connectivity index (χ4v) is 2.81. The third-order valence-corrected chi connectivity index (χ3v) is 3.64. The number of carbonyl (C=O) groups excluding carboxylic acids is 1. The first-order valence-corrected chi connectivity index (χ1v) is 6.16. The first kappa shape index (κ1) is 11.2. The molecule has 1 heterocycles. The molecule has 1 saturated heterocycles. The quantitative estimate of drug-likeness (QED) is 0.643.